The lowest BCUT2D eigenvalue weighted by molar-refractivity contribution is 0.102. The molecule has 0 saturated carbocycles. The van der Waals surface area contributed by atoms with E-state index in [-0.39, 0.29) is 5.91 Å². The van der Waals surface area contributed by atoms with Gasteiger partial charge in [0.15, 0.2) is 0 Å². The van der Waals surface area contributed by atoms with E-state index in [2.05, 4.69) is 20.4 Å². The summed E-state index contributed by atoms with van der Waals surface area (Å²) >= 11 is 3.07. The summed E-state index contributed by atoms with van der Waals surface area (Å²) in [6.45, 7) is 0. The van der Waals surface area contributed by atoms with Crippen LogP contribution in [0.25, 0.3) is 20.9 Å². The Kier molecular flexibility index (Phi) is 4.63. The first kappa shape index (κ1) is 17.7. The van der Waals surface area contributed by atoms with Crippen LogP contribution in [0.5, 0.6) is 0 Å². The molecule has 0 fully saturated rings. The standard InChI is InChI=1S/C21H14N4O2S2/c26-21(14-7-8-16-18(10-14)29-12-22-16)23-15-5-2-1-4-13(15)11-19-24-20(25-27-19)17-6-3-9-28-17/h1-10,12H,11H2,(H,23,26). The summed E-state index contributed by atoms with van der Waals surface area (Å²) in [6, 6.07) is 17.0. The Bertz CT molecular complexity index is 1290. The molecule has 0 bridgehead atoms. The topological polar surface area (TPSA) is 80.9 Å². The second-order valence-corrected chi connectivity index (χ2v) is 8.15. The van der Waals surface area contributed by atoms with Crippen LogP contribution in [0.4, 0.5) is 5.69 Å². The van der Waals surface area contributed by atoms with Crippen LogP contribution in [0.15, 0.2) is 70.0 Å². The van der Waals surface area contributed by atoms with Gasteiger partial charge in [-0.15, -0.1) is 22.7 Å². The minimum atomic E-state index is -0.169. The number of thiophene rings is 1. The number of amides is 1. The number of fused-ring (bicyclic) bond motifs is 1. The fourth-order valence-corrected chi connectivity index (χ4v) is 4.35. The molecule has 0 unspecified atom stereocenters. The molecule has 0 aliphatic rings. The molecule has 0 saturated heterocycles. The van der Waals surface area contributed by atoms with Gasteiger partial charge < -0.3 is 9.84 Å². The van der Waals surface area contributed by atoms with Crippen LogP contribution in [0, 0.1) is 0 Å². The molecule has 5 rings (SSSR count). The van der Waals surface area contributed by atoms with Gasteiger partial charge in [-0.1, -0.05) is 29.4 Å². The Morgan fingerprint density at radius 3 is 2.90 bits per heavy atom. The maximum absolute atomic E-state index is 12.8. The molecular formula is C21H14N4O2S2. The molecule has 1 amide bonds. The summed E-state index contributed by atoms with van der Waals surface area (Å²) < 4.78 is 6.39. The molecule has 3 heterocycles. The van der Waals surface area contributed by atoms with Crippen molar-refractivity contribution in [3.05, 3.63) is 82.5 Å². The zero-order valence-corrected chi connectivity index (χ0v) is 16.7. The number of benzene rings is 2. The summed E-state index contributed by atoms with van der Waals surface area (Å²) in [5.41, 5.74) is 4.88. The first-order valence-electron chi connectivity index (χ1n) is 8.85. The molecular weight excluding hydrogens is 404 g/mol. The lowest BCUT2D eigenvalue weighted by Gasteiger charge is -2.10. The molecule has 0 radical (unpaired) electrons. The molecule has 0 aliphatic heterocycles. The van der Waals surface area contributed by atoms with Gasteiger partial charge in [-0.25, -0.2) is 4.98 Å². The van der Waals surface area contributed by atoms with Crippen LogP contribution in [0.1, 0.15) is 21.8 Å². The van der Waals surface area contributed by atoms with Crippen LogP contribution in [0.2, 0.25) is 0 Å². The van der Waals surface area contributed by atoms with E-state index in [0.717, 1.165) is 26.3 Å². The third-order valence-corrected chi connectivity index (χ3v) is 6.07. The first-order chi connectivity index (χ1) is 14.3. The van der Waals surface area contributed by atoms with Gasteiger partial charge in [0.25, 0.3) is 5.91 Å². The Morgan fingerprint density at radius 1 is 1.07 bits per heavy atom. The molecule has 8 heteroatoms. The summed E-state index contributed by atoms with van der Waals surface area (Å²) in [7, 11) is 0. The Hall–Kier alpha value is -3.36. The second-order valence-electron chi connectivity index (χ2n) is 6.31. The van der Waals surface area contributed by atoms with Crippen molar-refractivity contribution >= 4 is 44.5 Å². The molecule has 1 N–H and O–H groups in total. The van der Waals surface area contributed by atoms with Crippen molar-refractivity contribution < 1.29 is 9.32 Å². The van der Waals surface area contributed by atoms with Crippen LogP contribution in [0.3, 0.4) is 0 Å². The average Bonchev–Trinajstić information content (AvgIpc) is 3.50. The first-order valence-corrected chi connectivity index (χ1v) is 10.6. The molecule has 0 aliphatic carbocycles. The zero-order chi connectivity index (χ0) is 19.6. The summed E-state index contributed by atoms with van der Waals surface area (Å²) in [5, 5.41) is 9.02. The predicted octanol–water partition coefficient (Wildman–Crippen LogP) is 5.25. The maximum atomic E-state index is 12.8. The number of hydrogen-bond acceptors (Lipinski definition) is 7. The van der Waals surface area contributed by atoms with E-state index in [4.69, 9.17) is 4.52 Å². The average molecular weight is 419 g/mol. The fraction of sp³-hybridized carbons (Fsp3) is 0.0476. The molecule has 6 nitrogen and oxygen atoms in total. The largest absolute Gasteiger partial charge is 0.339 e. The van der Waals surface area contributed by atoms with Crippen LogP contribution >= 0.6 is 22.7 Å². The van der Waals surface area contributed by atoms with Gasteiger partial charge in [0.2, 0.25) is 11.7 Å². The zero-order valence-electron chi connectivity index (χ0n) is 15.0. The highest BCUT2D eigenvalue weighted by molar-refractivity contribution is 7.16. The van der Waals surface area contributed by atoms with E-state index in [9.17, 15) is 4.79 Å². The third-order valence-electron chi connectivity index (χ3n) is 4.41. The molecule has 0 spiro atoms. The van der Waals surface area contributed by atoms with E-state index in [1.807, 2.05) is 53.9 Å². The number of thiazole rings is 1. The van der Waals surface area contributed by atoms with Crippen molar-refractivity contribution in [3.63, 3.8) is 0 Å². The van der Waals surface area contributed by atoms with Crippen LogP contribution in [-0.4, -0.2) is 21.0 Å². The fourth-order valence-electron chi connectivity index (χ4n) is 2.98. The molecule has 142 valence electrons. The number of para-hydroxylation sites is 1. The Balaban J connectivity index is 1.37. The number of carbonyl (C=O) groups is 1. The lowest BCUT2D eigenvalue weighted by Crippen LogP contribution is -2.13. The number of anilines is 1. The van der Waals surface area contributed by atoms with Gasteiger partial charge in [-0.3, -0.25) is 4.79 Å². The lowest BCUT2D eigenvalue weighted by atomic mass is 10.1. The highest BCUT2D eigenvalue weighted by Gasteiger charge is 2.14. The third kappa shape index (κ3) is 3.67. The highest BCUT2D eigenvalue weighted by Crippen LogP contribution is 2.25. The molecule has 29 heavy (non-hydrogen) atoms. The number of nitrogens with zero attached hydrogens (tertiary/aromatic N) is 3. The normalized spacial score (nSPS) is 11.0. The van der Waals surface area contributed by atoms with Gasteiger partial charge in [0.1, 0.15) is 0 Å². The number of aromatic nitrogens is 3. The van der Waals surface area contributed by atoms with E-state index in [0.29, 0.717) is 23.7 Å². The molecule has 3 aromatic heterocycles. The van der Waals surface area contributed by atoms with Gasteiger partial charge in [-0.05, 0) is 41.3 Å². The number of nitrogens with one attached hydrogen (secondary N) is 1. The van der Waals surface area contributed by atoms with Crippen LogP contribution in [-0.2, 0) is 6.42 Å². The van der Waals surface area contributed by atoms with Crippen LogP contribution < -0.4 is 5.32 Å². The number of hydrogen-bond donors (Lipinski definition) is 1. The summed E-state index contributed by atoms with van der Waals surface area (Å²) in [6.07, 6.45) is 0.433. The van der Waals surface area contributed by atoms with E-state index in [1.54, 1.807) is 22.9 Å². The Labute approximate surface area is 173 Å². The van der Waals surface area contributed by atoms with Gasteiger partial charge in [0.05, 0.1) is 27.0 Å². The van der Waals surface area contributed by atoms with Gasteiger partial charge >= 0.3 is 0 Å². The Morgan fingerprint density at radius 2 is 2.00 bits per heavy atom. The minimum absolute atomic E-state index is 0.169. The molecule has 0 atom stereocenters. The van der Waals surface area contributed by atoms with Crippen molar-refractivity contribution in [3.8, 4) is 10.7 Å². The number of carbonyl (C=O) groups excluding carboxylic acids is 1. The molecule has 2 aromatic carbocycles. The smallest absolute Gasteiger partial charge is 0.255 e. The molecule has 5 aromatic rings. The predicted molar refractivity (Wildman–Crippen MR) is 114 cm³/mol. The SMILES string of the molecule is O=C(Nc1ccccc1Cc1nc(-c2cccs2)no1)c1ccc2ncsc2c1. The van der Waals surface area contributed by atoms with Crippen molar-refractivity contribution in [2.75, 3.05) is 5.32 Å². The maximum Gasteiger partial charge on any atom is 0.255 e. The van der Waals surface area contributed by atoms with Crippen molar-refractivity contribution in [1.29, 1.82) is 0 Å². The minimum Gasteiger partial charge on any atom is -0.339 e. The summed E-state index contributed by atoms with van der Waals surface area (Å²) in [4.78, 5) is 22.4. The number of rotatable bonds is 5. The van der Waals surface area contributed by atoms with E-state index >= 15 is 0 Å². The highest BCUT2D eigenvalue weighted by atomic mass is 32.1. The second kappa shape index (κ2) is 7.57. The van der Waals surface area contributed by atoms with E-state index < -0.39 is 0 Å². The van der Waals surface area contributed by atoms with E-state index in [1.165, 1.54) is 11.3 Å². The van der Waals surface area contributed by atoms with Crippen molar-refractivity contribution in [2.24, 2.45) is 0 Å². The quantitative estimate of drug-likeness (QED) is 0.422. The monoisotopic (exact) mass is 418 g/mol. The van der Waals surface area contributed by atoms with Gasteiger partial charge in [0, 0.05) is 11.3 Å². The van der Waals surface area contributed by atoms with Crippen molar-refractivity contribution in [2.45, 2.75) is 6.42 Å². The summed E-state index contributed by atoms with van der Waals surface area (Å²) in [5.74, 6) is 0.910. The van der Waals surface area contributed by atoms with Gasteiger partial charge in [-0.2, -0.15) is 4.98 Å². The van der Waals surface area contributed by atoms with Crippen molar-refractivity contribution in [1.82, 2.24) is 15.1 Å².